The number of nitrogens with one attached hydrogen (secondary N) is 1. The minimum absolute atomic E-state index is 0.387. The minimum atomic E-state index is 0.387. The standard InChI is InChI=1S/C15H21N5O/c1-21-13-9-7-11(8-10-13)17-15-18-14(16)20(19-15)12-5-3-2-4-6-12/h7-10,12H,2-6H2,1H3,(H3,16,17,18,19). The highest BCUT2D eigenvalue weighted by Gasteiger charge is 2.19. The Labute approximate surface area is 124 Å². The van der Waals surface area contributed by atoms with E-state index in [9.17, 15) is 0 Å². The summed E-state index contributed by atoms with van der Waals surface area (Å²) in [5.41, 5.74) is 6.91. The summed E-state index contributed by atoms with van der Waals surface area (Å²) in [4.78, 5) is 4.31. The Kier molecular flexibility index (Phi) is 3.94. The summed E-state index contributed by atoms with van der Waals surface area (Å²) in [6, 6.07) is 8.03. The topological polar surface area (TPSA) is 78.0 Å². The third-order valence-corrected chi connectivity index (χ3v) is 3.92. The van der Waals surface area contributed by atoms with Crippen molar-refractivity contribution in [3.8, 4) is 5.75 Å². The van der Waals surface area contributed by atoms with Crippen molar-refractivity contribution in [1.82, 2.24) is 14.8 Å². The van der Waals surface area contributed by atoms with Gasteiger partial charge >= 0.3 is 0 Å². The van der Waals surface area contributed by atoms with E-state index >= 15 is 0 Å². The lowest BCUT2D eigenvalue weighted by atomic mass is 9.96. The molecule has 1 heterocycles. The van der Waals surface area contributed by atoms with Crippen LogP contribution in [-0.2, 0) is 0 Å². The predicted molar refractivity (Wildman–Crippen MR) is 82.8 cm³/mol. The van der Waals surface area contributed by atoms with Gasteiger partial charge in [0.2, 0.25) is 11.9 Å². The maximum absolute atomic E-state index is 6.00. The van der Waals surface area contributed by atoms with Gasteiger partial charge in [-0.25, -0.2) is 4.68 Å². The van der Waals surface area contributed by atoms with Gasteiger partial charge < -0.3 is 15.8 Å². The van der Waals surface area contributed by atoms with Gasteiger partial charge in [-0.05, 0) is 37.1 Å². The van der Waals surface area contributed by atoms with Crippen molar-refractivity contribution in [1.29, 1.82) is 0 Å². The highest BCUT2D eigenvalue weighted by molar-refractivity contribution is 5.55. The van der Waals surface area contributed by atoms with Crippen LogP contribution < -0.4 is 15.8 Å². The van der Waals surface area contributed by atoms with Gasteiger partial charge in [0.15, 0.2) is 0 Å². The SMILES string of the molecule is COc1ccc(Nc2nc(N)n(C3CCCCC3)n2)cc1. The largest absolute Gasteiger partial charge is 0.497 e. The molecule has 1 aliphatic carbocycles. The molecule has 1 aliphatic rings. The fourth-order valence-corrected chi connectivity index (χ4v) is 2.79. The van der Waals surface area contributed by atoms with Gasteiger partial charge in [-0.3, -0.25) is 0 Å². The molecule has 1 aromatic heterocycles. The molecular formula is C15H21N5O. The number of nitrogen functional groups attached to an aromatic ring is 1. The molecule has 3 N–H and O–H groups in total. The smallest absolute Gasteiger partial charge is 0.248 e. The van der Waals surface area contributed by atoms with Gasteiger partial charge in [-0.2, -0.15) is 4.98 Å². The van der Waals surface area contributed by atoms with E-state index in [0.717, 1.165) is 24.3 Å². The summed E-state index contributed by atoms with van der Waals surface area (Å²) in [6.45, 7) is 0. The summed E-state index contributed by atoms with van der Waals surface area (Å²) in [7, 11) is 1.65. The molecule has 1 saturated carbocycles. The van der Waals surface area contributed by atoms with Crippen LogP contribution in [0.5, 0.6) is 5.75 Å². The quantitative estimate of drug-likeness (QED) is 0.903. The fraction of sp³-hybridized carbons (Fsp3) is 0.467. The second kappa shape index (κ2) is 6.03. The summed E-state index contributed by atoms with van der Waals surface area (Å²) in [5.74, 6) is 1.85. The average Bonchev–Trinajstić information content (AvgIpc) is 2.89. The van der Waals surface area contributed by atoms with E-state index in [1.165, 1.54) is 19.3 Å². The number of ether oxygens (including phenoxy) is 1. The number of nitrogens with two attached hydrogens (primary N) is 1. The van der Waals surface area contributed by atoms with E-state index in [4.69, 9.17) is 10.5 Å². The molecule has 0 radical (unpaired) electrons. The Hall–Kier alpha value is -2.24. The number of benzene rings is 1. The number of anilines is 3. The van der Waals surface area contributed by atoms with Crippen molar-refractivity contribution in [3.63, 3.8) is 0 Å². The first-order valence-corrected chi connectivity index (χ1v) is 7.39. The van der Waals surface area contributed by atoms with Crippen molar-refractivity contribution in [2.24, 2.45) is 0 Å². The molecule has 1 fully saturated rings. The van der Waals surface area contributed by atoms with Gasteiger partial charge in [-0.1, -0.05) is 19.3 Å². The van der Waals surface area contributed by atoms with E-state index < -0.39 is 0 Å². The molecule has 6 nitrogen and oxygen atoms in total. The lowest BCUT2D eigenvalue weighted by Crippen LogP contribution is -2.16. The first kappa shape index (κ1) is 13.7. The highest BCUT2D eigenvalue weighted by Crippen LogP contribution is 2.29. The fourth-order valence-electron chi connectivity index (χ4n) is 2.79. The normalized spacial score (nSPS) is 15.9. The Morgan fingerprint density at radius 3 is 2.57 bits per heavy atom. The van der Waals surface area contributed by atoms with Gasteiger partial charge in [0, 0.05) is 5.69 Å². The predicted octanol–water partition coefficient (Wildman–Crippen LogP) is 3.12. The maximum atomic E-state index is 6.00. The summed E-state index contributed by atoms with van der Waals surface area (Å²) >= 11 is 0. The first-order valence-electron chi connectivity index (χ1n) is 7.39. The second-order valence-corrected chi connectivity index (χ2v) is 5.38. The monoisotopic (exact) mass is 287 g/mol. The molecule has 2 aromatic rings. The molecule has 0 saturated heterocycles. The molecule has 3 rings (SSSR count). The van der Waals surface area contributed by atoms with Crippen molar-refractivity contribution in [2.75, 3.05) is 18.2 Å². The molecule has 1 aromatic carbocycles. The van der Waals surface area contributed by atoms with E-state index in [1.807, 2.05) is 28.9 Å². The zero-order valence-electron chi connectivity index (χ0n) is 12.2. The van der Waals surface area contributed by atoms with E-state index in [0.29, 0.717) is 17.9 Å². The Bertz CT molecular complexity index is 587. The highest BCUT2D eigenvalue weighted by atomic mass is 16.5. The van der Waals surface area contributed by atoms with Gasteiger partial charge in [0.05, 0.1) is 13.2 Å². The lowest BCUT2D eigenvalue weighted by Gasteiger charge is -2.21. The molecule has 6 heteroatoms. The van der Waals surface area contributed by atoms with E-state index in [2.05, 4.69) is 15.4 Å². The Morgan fingerprint density at radius 1 is 1.19 bits per heavy atom. The van der Waals surface area contributed by atoms with E-state index in [-0.39, 0.29) is 0 Å². The molecule has 0 bridgehead atoms. The van der Waals surface area contributed by atoms with Crippen LogP contribution >= 0.6 is 0 Å². The maximum Gasteiger partial charge on any atom is 0.248 e. The van der Waals surface area contributed by atoms with Crippen molar-refractivity contribution in [2.45, 2.75) is 38.1 Å². The van der Waals surface area contributed by atoms with Crippen LogP contribution in [-0.4, -0.2) is 21.9 Å². The molecule has 0 aliphatic heterocycles. The lowest BCUT2D eigenvalue weighted by molar-refractivity contribution is 0.333. The average molecular weight is 287 g/mol. The molecule has 0 atom stereocenters. The summed E-state index contributed by atoms with van der Waals surface area (Å²) in [5, 5.41) is 7.69. The Balaban J connectivity index is 1.73. The molecule has 112 valence electrons. The minimum Gasteiger partial charge on any atom is -0.497 e. The van der Waals surface area contributed by atoms with Crippen LogP contribution in [0.4, 0.5) is 17.6 Å². The van der Waals surface area contributed by atoms with Gasteiger partial charge in [0.25, 0.3) is 0 Å². The number of aromatic nitrogens is 3. The van der Waals surface area contributed by atoms with Crippen LogP contribution in [0, 0.1) is 0 Å². The molecule has 0 unspecified atom stereocenters. The number of rotatable bonds is 4. The second-order valence-electron chi connectivity index (χ2n) is 5.38. The van der Waals surface area contributed by atoms with Crippen LogP contribution in [0.1, 0.15) is 38.1 Å². The number of hydrogen-bond donors (Lipinski definition) is 2. The first-order chi connectivity index (χ1) is 10.3. The van der Waals surface area contributed by atoms with Gasteiger partial charge in [-0.15, -0.1) is 5.10 Å². The van der Waals surface area contributed by atoms with Crippen molar-refractivity contribution in [3.05, 3.63) is 24.3 Å². The number of hydrogen-bond acceptors (Lipinski definition) is 5. The van der Waals surface area contributed by atoms with Crippen LogP contribution in [0.3, 0.4) is 0 Å². The number of nitrogens with zero attached hydrogens (tertiary/aromatic N) is 3. The van der Waals surface area contributed by atoms with Crippen molar-refractivity contribution < 1.29 is 4.74 Å². The third-order valence-electron chi connectivity index (χ3n) is 3.92. The Morgan fingerprint density at radius 2 is 1.90 bits per heavy atom. The molecular weight excluding hydrogens is 266 g/mol. The zero-order valence-corrected chi connectivity index (χ0v) is 12.2. The van der Waals surface area contributed by atoms with E-state index in [1.54, 1.807) is 7.11 Å². The number of methoxy groups -OCH3 is 1. The van der Waals surface area contributed by atoms with Crippen LogP contribution in [0.25, 0.3) is 0 Å². The molecule has 0 spiro atoms. The van der Waals surface area contributed by atoms with Crippen molar-refractivity contribution >= 4 is 17.6 Å². The molecule has 0 amide bonds. The summed E-state index contributed by atoms with van der Waals surface area (Å²) < 4.78 is 7.00. The zero-order chi connectivity index (χ0) is 14.7. The third kappa shape index (κ3) is 3.09. The van der Waals surface area contributed by atoms with Crippen LogP contribution in [0.15, 0.2) is 24.3 Å². The summed E-state index contributed by atoms with van der Waals surface area (Å²) in [6.07, 6.45) is 6.06. The van der Waals surface area contributed by atoms with Gasteiger partial charge in [0.1, 0.15) is 5.75 Å². The van der Waals surface area contributed by atoms with Crippen LogP contribution in [0.2, 0.25) is 0 Å². The molecule has 21 heavy (non-hydrogen) atoms.